The molecule has 1 aromatic rings. The number of carbonyl (C=O) groups excluding carboxylic acids is 1. The molecule has 0 saturated carbocycles. The Labute approximate surface area is 124 Å². The van der Waals surface area contributed by atoms with E-state index in [2.05, 4.69) is 10.6 Å². The van der Waals surface area contributed by atoms with Crippen LogP contribution in [0.5, 0.6) is 0 Å². The number of hydrogen-bond donors (Lipinski definition) is 2. The number of alkyl halides is 1. The van der Waals surface area contributed by atoms with Crippen LogP contribution in [-0.4, -0.2) is 31.4 Å². The average Bonchev–Trinajstić information content (AvgIpc) is 2.47. The number of benzene rings is 1. The molecule has 1 aromatic carbocycles. The second kappa shape index (κ2) is 8.07. The van der Waals surface area contributed by atoms with Gasteiger partial charge in [-0.05, 0) is 31.5 Å². The predicted octanol–water partition coefficient (Wildman–Crippen LogP) is 2.43. The van der Waals surface area contributed by atoms with Crippen molar-refractivity contribution in [3.63, 3.8) is 0 Å². The number of amides is 1. The molecule has 20 heavy (non-hydrogen) atoms. The van der Waals surface area contributed by atoms with Crippen LogP contribution < -0.4 is 10.6 Å². The van der Waals surface area contributed by atoms with Gasteiger partial charge in [0.15, 0.2) is 0 Å². The van der Waals surface area contributed by atoms with E-state index in [1.54, 1.807) is 0 Å². The quantitative estimate of drug-likeness (QED) is 0.898. The van der Waals surface area contributed by atoms with Crippen LogP contribution in [0.1, 0.15) is 18.4 Å². The summed E-state index contributed by atoms with van der Waals surface area (Å²) >= 11 is 0. The molecule has 0 spiro atoms. The lowest BCUT2D eigenvalue weighted by Gasteiger charge is -2.35. The maximum Gasteiger partial charge on any atom is 0.407 e. The van der Waals surface area contributed by atoms with Gasteiger partial charge in [-0.15, -0.1) is 12.4 Å². The summed E-state index contributed by atoms with van der Waals surface area (Å²) in [6, 6.07) is 9.42. The summed E-state index contributed by atoms with van der Waals surface area (Å²) in [5, 5.41) is 5.82. The van der Waals surface area contributed by atoms with E-state index in [9.17, 15) is 9.18 Å². The third-order valence-electron chi connectivity index (χ3n) is 3.40. The van der Waals surface area contributed by atoms with Gasteiger partial charge < -0.3 is 15.4 Å². The van der Waals surface area contributed by atoms with Crippen LogP contribution in [0, 0.1) is 0 Å². The Morgan fingerprint density at radius 3 is 2.55 bits per heavy atom. The van der Waals surface area contributed by atoms with Crippen LogP contribution in [-0.2, 0) is 11.3 Å². The lowest BCUT2D eigenvalue weighted by molar-refractivity contribution is 0.111. The van der Waals surface area contributed by atoms with E-state index in [-0.39, 0.29) is 19.0 Å². The zero-order valence-electron chi connectivity index (χ0n) is 11.2. The van der Waals surface area contributed by atoms with Gasteiger partial charge in [0.05, 0.1) is 5.54 Å². The fraction of sp³-hybridized carbons (Fsp3) is 0.500. The van der Waals surface area contributed by atoms with Gasteiger partial charge in [-0.2, -0.15) is 0 Å². The molecule has 4 nitrogen and oxygen atoms in total. The van der Waals surface area contributed by atoms with E-state index in [1.165, 1.54) is 0 Å². The summed E-state index contributed by atoms with van der Waals surface area (Å²) in [6.45, 7) is 1.06. The smallest absolute Gasteiger partial charge is 0.407 e. The molecular weight excluding hydrogens is 283 g/mol. The minimum atomic E-state index is -0.765. The van der Waals surface area contributed by atoms with Gasteiger partial charge in [0.2, 0.25) is 0 Å². The molecule has 0 aromatic heterocycles. The Hall–Kier alpha value is -1.33. The first-order valence-electron chi connectivity index (χ1n) is 6.50. The molecule has 1 fully saturated rings. The fourth-order valence-corrected chi connectivity index (χ4v) is 2.17. The predicted molar refractivity (Wildman–Crippen MR) is 77.8 cm³/mol. The first kappa shape index (κ1) is 16.7. The average molecular weight is 303 g/mol. The van der Waals surface area contributed by atoms with Crippen molar-refractivity contribution in [1.29, 1.82) is 0 Å². The molecule has 0 bridgehead atoms. The molecule has 1 aliphatic heterocycles. The Balaban J connectivity index is 0.00000200. The highest BCUT2D eigenvalue weighted by Gasteiger charge is 2.34. The zero-order chi connectivity index (χ0) is 13.6. The van der Waals surface area contributed by atoms with Gasteiger partial charge in [-0.1, -0.05) is 30.3 Å². The molecule has 1 amide bonds. The molecule has 6 heteroatoms. The number of piperidine rings is 1. The lowest BCUT2D eigenvalue weighted by atomic mass is 9.90. The number of alkyl carbamates (subject to hydrolysis) is 1. The Kier molecular flexibility index (Phi) is 6.75. The number of carbonyl (C=O) groups is 1. The van der Waals surface area contributed by atoms with Crippen molar-refractivity contribution in [3.8, 4) is 0 Å². The van der Waals surface area contributed by atoms with E-state index < -0.39 is 18.3 Å². The highest BCUT2D eigenvalue weighted by molar-refractivity contribution is 5.85. The van der Waals surface area contributed by atoms with Crippen molar-refractivity contribution in [3.05, 3.63) is 35.9 Å². The Morgan fingerprint density at radius 1 is 1.30 bits per heavy atom. The Bertz CT molecular complexity index is 411. The van der Waals surface area contributed by atoms with Crippen LogP contribution in [0.4, 0.5) is 9.18 Å². The highest BCUT2D eigenvalue weighted by Crippen LogP contribution is 2.19. The van der Waals surface area contributed by atoms with Gasteiger partial charge >= 0.3 is 6.09 Å². The molecule has 0 radical (unpaired) electrons. The summed E-state index contributed by atoms with van der Waals surface area (Å²) in [6.07, 6.45) is 0.622. The summed E-state index contributed by atoms with van der Waals surface area (Å²) < 4.78 is 18.3. The second-order valence-corrected chi connectivity index (χ2v) is 4.85. The van der Waals surface area contributed by atoms with Crippen molar-refractivity contribution in [2.24, 2.45) is 0 Å². The van der Waals surface area contributed by atoms with Crippen molar-refractivity contribution in [2.75, 3.05) is 19.8 Å². The minimum absolute atomic E-state index is 0. The highest BCUT2D eigenvalue weighted by atomic mass is 35.5. The molecule has 0 atom stereocenters. The van der Waals surface area contributed by atoms with Crippen LogP contribution >= 0.6 is 12.4 Å². The van der Waals surface area contributed by atoms with E-state index >= 15 is 0 Å². The largest absolute Gasteiger partial charge is 0.445 e. The van der Waals surface area contributed by atoms with E-state index in [0.29, 0.717) is 25.9 Å². The molecule has 0 unspecified atom stereocenters. The minimum Gasteiger partial charge on any atom is -0.445 e. The van der Waals surface area contributed by atoms with Gasteiger partial charge in [0, 0.05) is 0 Å². The van der Waals surface area contributed by atoms with Crippen LogP contribution in [0.25, 0.3) is 0 Å². The van der Waals surface area contributed by atoms with Crippen molar-refractivity contribution < 1.29 is 13.9 Å². The summed E-state index contributed by atoms with van der Waals surface area (Å²) in [4.78, 5) is 11.7. The monoisotopic (exact) mass is 302 g/mol. The number of nitrogens with one attached hydrogen (secondary N) is 2. The van der Waals surface area contributed by atoms with Gasteiger partial charge in [0.25, 0.3) is 0 Å². The topological polar surface area (TPSA) is 50.4 Å². The van der Waals surface area contributed by atoms with Gasteiger partial charge in [-0.3, -0.25) is 0 Å². The number of hydrogen-bond acceptors (Lipinski definition) is 3. The third-order valence-corrected chi connectivity index (χ3v) is 3.40. The number of rotatable bonds is 4. The molecule has 2 N–H and O–H groups in total. The van der Waals surface area contributed by atoms with Crippen LogP contribution in [0.3, 0.4) is 0 Å². The summed E-state index contributed by atoms with van der Waals surface area (Å²) in [7, 11) is 0. The molecule has 2 rings (SSSR count). The summed E-state index contributed by atoms with van der Waals surface area (Å²) in [5.74, 6) is 0. The van der Waals surface area contributed by atoms with Gasteiger partial charge in [0.1, 0.15) is 13.3 Å². The second-order valence-electron chi connectivity index (χ2n) is 4.85. The molecule has 1 heterocycles. The van der Waals surface area contributed by atoms with Crippen molar-refractivity contribution in [1.82, 2.24) is 10.6 Å². The normalized spacial score (nSPS) is 16.9. The van der Waals surface area contributed by atoms with Crippen molar-refractivity contribution >= 4 is 18.5 Å². The van der Waals surface area contributed by atoms with E-state index in [4.69, 9.17) is 4.74 Å². The molecule has 112 valence electrons. The first-order valence-corrected chi connectivity index (χ1v) is 6.50. The fourth-order valence-electron chi connectivity index (χ4n) is 2.17. The number of halogens is 2. The van der Waals surface area contributed by atoms with Crippen molar-refractivity contribution in [2.45, 2.75) is 25.0 Å². The van der Waals surface area contributed by atoms with E-state index in [1.807, 2.05) is 30.3 Å². The van der Waals surface area contributed by atoms with Crippen LogP contribution in [0.15, 0.2) is 30.3 Å². The first-order chi connectivity index (χ1) is 9.24. The molecular formula is C14H20ClFN2O2. The maximum absolute atomic E-state index is 13.2. The third kappa shape index (κ3) is 4.65. The Morgan fingerprint density at radius 2 is 1.95 bits per heavy atom. The standard InChI is InChI=1S/C14H19FN2O2.ClH/c15-11-14(6-8-16-9-7-14)17-13(18)19-10-12-4-2-1-3-5-12;/h1-5,16H,6-11H2,(H,17,18);1H. The maximum atomic E-state index is 13.2. The molecule has 1 aliphatic rings. The molecule has 1 saturated heterocycles. The van der Waals surface area contributed by atoms with Crippen LogP contribution in [0.2, 0.25) is 0 Å². The number of ether oxygens (including phenoxy) is 1. The SMILES string of the molecule is Cl.O=C(NC1(CF)CCNCC1)OCc1ccccc1. The summed E-state index contributed by atoms with van der Waals surface area (Å²) in [5.41, 5.74) is 0.149. The van der Waals surface area contributed by atoms with Gasteiger partial charge in [-0.25, -0.2) is 9.18 Å². The zero-order valence-corrected chi connectivity index (χ0v) is 12.0. The molecule has 0 aliphatic carbocycles. The van der Waals surface area contributed by atoms with E-state index in [0.717, 1.165) is 5.56 Å². The lowest BCUT2D eigenvalue weighted by Crippen LogP contribution is -2.56.